The van der Waals surface area contributed by atoms with Crippen LogP contribution in [-0.4, -0.2) is 82.5 Å². The number of amides is 2. The fourth-order valence-corrected chi connectivity index (χ4v) is 3.72. The maximum atomic E-state index is 12.8. The first-order chi connectivity index (χ1) is 13.6. The molecule has 3 heterocycles. The van der Waals surface area contributed by atoms with E-state index in [9.17, 15) is 9.59 Å². The Hall–Kier alpha value is -2.74. The molecule has 0 spiro atoms. The Labute approximate surface area is 164 Å². The second-order valence-electron chi connectivity index (χ2n) is 7.38. The highest BCUT2D eigenvalue weighted by atomic mass is 16.5. The first kappa shape index (κ1) is 18.6. The summed E-state index contributed by atoms with van der Waals surface area (Å²) in [4.78, 5) is 35.2. The van der Waals surface area contributed by atoms with Crippen molar-refractivity contribution < 1.29 is 14.1 Å². The second-order valence-corrected chi connectivity index (χ2v) is 7.38. The van der Waals surface area contributed by atoms with Crippen molar-refractivity contribution in [3.8, 4) is 11.5 Å². The van der Waals surface area contributed by atoms with Crippen molar-refractivity contribution in [1.82, 2.24) is 24.8 Å². The smallest absolute Gasteiger partial charge is 0.257 e. The van der Waals surface area contributed by atoms with Crippen LogP contribution in [0.25, 0.3) is 11.5 Å². The molecule has 0 atom stereocenters. The van der Waals surface area contributed by atoms with Crippen molar-refractivity contribution in [3.63, 3.8) is 0 Å². The average Bonchev–Trinajstić information content (AvgIpc) is 3.40. The van der Waals surface area contributed by atoms with E-state index in [1.807, 2.05) is 21.9 Å². The summed E-state index contributed by atoms with van der Waals surface area (Å²) in [5.41, 5.74) is 1.43. The lowest BCUT2D eigenvalue weighted by atomic mass is 10.1. The minimum Gasteiger partial charge on any atom is -0.342 e. The van der Waals surface area contributed by atoms with Gasteiger partial charge in [0.1, 0.15) is 0 Å². The van der Waals surface area contributed by atoms with Gasteiger partial charge in [0.15, 0.2) is 5.82 Å². The van der Waals surface area contributed by atoms with Gasteiger partial charge in [0.25, 0.3) is 11.8 Å². The van der Waals surface area contributed by atoms with Crippen molar-refractivity contribution >= 4 is 11.8 Å². The monoisotopic (exact) mass is 383 g/mol. The molecule has 2 aliphatic heterocycles. The molecule has 2 fully saturated rings. The molecule has 0 saturated carbocycles. The zero-order chi connectivity index (χ0) is 19.5. The molecule has 28 heavy (non-hydrogen) atoms. The van der Waals surface area contributed by atoms with Crippen molar-refractivity contribution in [3.05, 3.63) is 35.7 Å². The van der Waals surface area contributed by atoms with Crippen molar-refractivity contribution in [2.24, 2.45) is 0 Å². The Morgan fingerprint density at radius 2 is 1.64 bits per heavy atom. The first-order valence-electron chi connectivity index (χ1n) is 9.80. The Bertz CT molecular complexity index is 834. The molecule has 8 nitrogen and oxygen atoms in total. The maximum Gasteiger partial charge on any atom is 0.257 e. The molecule has 0 aliphatic carbocycles. The normalized spacial score (nSPS) is 17.9. The standard InChI is InChI=1S/C20H25N5O3/c1-15-21-19(28-22-15)16-4-6-17(7-5-16)20(27)25-12-10-23(11-13-25)14-18(26)24-8-2-3-9-24/h4-7H,2-3,8-14H2,1H3. The summed E-state index contributed by atoms with van der Waals surface area (Å²) in [6.45, 7) is 6.72. The molecular formula is C20H25N5O3. The molecular weight excluding hydrogens is 358 g/mol. The molecule has 2 aliphatic rings. The van der Waals surface area contributed by atoms with E-state index in [0.717, 1.165) is 44.6 Å². The third-order valence-corrected chi connectivity index (χ3v) is 5.38. The molecule has 4 rings (SSSR count). The van der Waals surface area contributed by atoms with Crippen LogP contribution >= 0.6 is 0 Å². The summed E-state index contributed by atoms with van der Waals surface area (Å²) in [5.74, 6) is 1.26. The number of rotatable bonds is 4. The van der Waals surface area contributed by atoms with Gasteiger partial charge in [-0.3, -0.25) is 14.5 Å². The van der Waals surface area contributed by atoms with Gasteiger partial charge in [0.05, 0.1) is 6.54 Å². The van der Waals surface area contributed by atoms with Crippen LogP contribution in [0.4, 0.5) is 0 Å². The molecule has 148 valence electrons. The molecule has 0 radical (unpaired) electrons. The van der Waals surface area contributed by atoms with Gasteiger partial charge in [0.2, 0.25) is 5.91 Å². The SMILES string of the molecule is Cc1noc(-c2ccc(C(=O)N3CCN(CC(=O)N4CCCC4)CC3)cc2)n1. The van der Waals surface area contributed by atoms with E-state index in [1.165, 1.54) is 0 Å². The number of piperazine rings is 1. The van der Waals surface area contributed by atoms with E-state index in [-0.39, 0.29) is 11.8 Å². The van der Waals surface area contributed by atoms with Crippen LogP contribution in [0.5, 0.6) is 0 Å². The number of likely N-dealkylation sites (tertiary alicyclic amines) is 1. The van der Waals surface area contributed by atoms with Crippen LogP contribution in [0.3, 0.4) is 0 Å². The quantitative estimate of drug-likeness (QED) is 0.794. The maximum absolute atomic E-state index is 12.8. The van der Waals surface area contributed by atoms with Crippen LogP contribution in [0.15, 0.2) is 28.8 Å². The summed E-state index contributed by atoms with van der Waals surface area (Å²) < 4.78 is 5.15. The number of carbonyl (C=O) groups excluding carboxylic acids is 2. The van der Waals surface area contributed by atoms with Crippen LogP contribution in [0.1, 0.15) is 29.0 Å². The van der Waals surface area contributed by atoms with Gasteiger partial charge in [-0.1, -0.05) is 5.16 Å². The number of hydrogen-bond donors (Lipinski definition) is 0. The van der Waals surface area contributed by atoms with Crippen LogP contribution in [0, 0.1) is 6.92 Å². The molecule has 2 saturated heterocycles. The zero-order valence-corrected chi connectivity index (χ0v) is 16.1. The Morgan fingerprint density at radius 3 is 2.25 bits per heavy atom. The highest BCUT2D eigenvalue weighted by molar-refractivity contribution is 5.94. The van der Waals surface area contributed by atoms with E-state index in [2.05, 4.69) is 15.0 Å². The minimum atomic E-state index is 0.0128. The third kappa shape index (κ3) is 4.06. The van der Waals surface area contributed by atoms with Gasteiger partial charge in [0, 0.05) is 50.4 Å². The summed E-state index contributed by atoms with van der Waals surface area (Å²) in [6, 6.07) is 7.23. The predicted octanol–water partition coefficient (Wildman–Crippen LogP) is 1.43. The number of carbonyl (C=O) groups is 2. The molecule has 0 bridgehead atoms. The topological polar surface area (TPSA) is 82.8 Å². The first-order valence-corrected chi connectivity index (χ1v) is 9.80. The highest BCUT2D eigenvalue weighted by Crippen LogP contribution is 2.19. The van der Waals surface area contributed by atoms with Gasteiger partial charge in [-0.25, -0.2) is 0 Å². The van der Waals surface area contributed by atoms with Crippen LogP contribution < -0.4 is 0 Å². The fraction of sp³-hybridized carbons (Fsp3) is 0.500. The number of aromatic nitrogens is 2. The fourth-order valence-electron chi connectivity index (χ4n) is 3.72. The van der Waals surface area contributed by atoms with E-state index in [1.54, 1.807) is 19.1 Å². The largest absolute Gasteiger partial charge is 0.342 e. The average molecular weight is 383 g/mol. The van der Waals surface area contributed by atoms with E-state index in [4.69, 9.17) is 4.52 Å². The molecule has 2 amide bonds. The molecule has 8 heteroatoms. The summed E-state index contributed by atoms with van der Waals surface area (Å²) in [7, 11) is 0. The van der Waals surface area contributed by atoms with Crippen molar-refractivity contribution in [1.29, 1.82) is 0 Å². The van der Waals surface area contributed by atoms with E-state index >= 15 is 0 Å². The third-order valence-electron chi connectivity index (χ3n) is 5.38. The Kier molecular flexibility index (Phi) is 5.38. The number of nitrogens with zero attached hydrogens (tertiary/aromatic N) is 5. The summed E-state index contributed by atoms with van der Waals surface area (Å²) >= 11 is 0. The Balaban J connectivity index is 1.30. The number of hydrogen-bond acceptors (Lipinski definition) is 6. The minimum absolute atomic E-state index is 0.0128. The van der Waals surface area contributed by atoms with Crippen LogP contribution in [-0.2, 0) is 4.79 Å². The van der Waals surface area contributed by atoms with Crippen LogP contribution in [0.2, 0.25) is 0 Å². The molecule has 2 aromatic rings. The van der Waals surface area contributed by atoms with Crippen molar-refractivity contribution in [2.75, 3.05) is 45.8 Å². The van der Waals surface area contributed by atoms with Gasteiger partial charge in [-0.15, -0.1) is 0 Å². The van der Waals surface area contributed by atoms with Crippen molar-refractivity contribution in [2.45, 2.75) is 19.8 Å². The lowest BCUT2D eigenvalue weighted by Crippen LogP contribution is -2.51. The van der Waals surface area contributed by atoms with E-state index in [0.29, 0.717) is 36.9 Å². The molecule has 1 aromatic carbocycles. The second kappa shape index (κ2) is 8.10. The molecule has 0 unspecified atom stereocenters. The highest BCUT2D eigenvalue weighted by Gasteiger charge is 2.25. The molecule has 0 N–H and O–H groups in total. The number of benzene rings is 1. The van der Waals surface area contributed by atoms with Gasteiger partial charge in [-0.05, 0) is 44.0 Å². The number of aryl methyl sites for hydroxylation is 1. The lowest BCUT2D eigenvalue weighted by molar-refractivity contribution is -0.131. The predicted molar refractivity (Wildman–Crippen MR) is 103 cm³/mol. The van der Waals surface area contributed by atoms with E-state index < -0.39 is 0 Å². The lowest BCUT2D eigenvalue weighted by Gasteiger charge is -2.35. The van der Waals surface area contributed by atoms with Gasteiger partial charge >= 0.3 is 0 Å². The zero-order valence-electron chi connectivity index (χ0n) is 16.1. The van der Waals surface area contributed by atoms with Gasteiger partial charge in [-0.2, -0.15) is 4.98 Å². The summed E-state index contributed by atoms with van der Waals surface area (Å²) in [6.07, 6.45) is 2.22. The summed E-state index contributed by atoms with van der Waals surface area (Å²) in [5, 5.41) is 3.78. The Morgan fingerprint density at radius 1 is 0.964 bits per heavy atom. The van der Waals surface area contributed by atoms with Gasteiger partial charge < -0.3 is 14.3 Å². The molecule has 1 aromatic heterocycles.